The first-order valence-electron chi connectivity index (χ1n) is 7.74. The number of carbonyl (C=O) groups is 1. The molecular weight excluding hydrogens is 269 g/mol. The van der Waals surface area contributed by atoms with E-state index in [-0.39, 0.29) is 17.2 Å². The van der Waals surface area contributed by atoms with Crippen LogP contribution in [0.15, 0.2) is 18.2 Å². The Morgan fingerprint density at radius 1 is 1.19 bits per heavy atom. The molecule has 0 aliphatic carbocycles. The summed E-state index contributed by atoms with van der Waals surface area (Å²) in [5.41, 5.74) is 5.97. The number of piperidine rings is 1. The monoisotopic (exact) mass is 291 g/mol. The van der Waals surface area contributed by atoms with Crippen LogP contribution in [0.25, 0.3) is 0 Å². The molecule has 0 bridgehead atoms. The molecule has 21 heavy (non-hydrogen) atoms. The van der Waals surface area contributed by atoms with Gasteiger partial charge in [0.05, 0.1) is 11.3 Å². The number of nitrogens with zero attached hydrogens (tertiary/aromatic N) is 2. The fourth-order valence-electron chi connectivity index (χ4n) is 3.44. The van der Waals surface area contributed by atoms with Crippen LogP contribution in [0.2, 0.25) is 0 Å². The molecule has 2 N–H and O–H groups in total. The fourth-order valence-corrected chi connectivity index (χ4v) is 3.44. The van der Waals surface area contributed by atoms with Crippen LogP contribution in [0, 0.1) is 5.82 Å². The van der Waals surface area contributed by atoms with Gasteiger partial charge < -0.3 is 10.6 Å². The number of nitrogens with two attached hydrogens (primary N) is 1. The third-order valence-electron chi connectivity index (χ3n) is 4.62. The van der Waals surface area contributed by atoms with Crippen LogP contribution in [0.4, 0.5) is 10.1 Å². The van der Waals surface area contributed by atoms with Gasteiger partial charge in [0.15, 0.2) is 0 Å². The van der Waals surface area contributed by atoms with Crippen LogP contribution >= 0.6 is 0 Å². The lowest BCUT2D eigenvalue weighted by atomic mass is 10.0. The summed E-state index contributed by atoms with van der Waals surface area (Å²) in [6, 6.07) is 4.89. The second-order valence-corrected chi connectivity index (χ2v) is 5.99. The molecule has 114 valence electrons. The SMILES string of the molecule is Nc1c(F)cccc1C(=O)N1CCCC(N2CCCC2)C1. The van der Waals surface area contributed by atoms with Crippen molar-refractivity contribution in [3.05, 3.63) is 29.6 Å². The van der Waals surface area contributed by atoms with Crippen LogP contribution in [0.5, 0.6) is 0 Å². The smallest absolute Gasteiger partial charge is 0.256 e. The summed E-state index contributed by atoms with van der Waals surface area (Å²) >= 11 is 0. The summed E-state index contributed by atoms with van der Waals surface area (Å²) < 4.78 is 13.5. The molecule has 2 heterocycles. The number of likely N-dealkylation sites (tertiary alicyclic amines) is 2. The lowest BCUT2D eigenvalue weighted by molar-refractivity contribution is 0.0608. The van der Waals surface area contributed by atoms with E-state index in [2.05, 4.69) is 4.90 Å². The van der Waals surface area contributed by atoms with E-state index in [9.17, 15) is 9.18 Å². The largest absolute Gasteiger partial charge is 0.396 e. The standard InChI is InChI=1S/C16H22FN3O/c17-14-7-3-6-13(15(14)18)16(21)20-10-4-5-12(11-20)19-8-1-2-9-19/h3,6-7,12H,1-2,4-5,8-11,18H2. The Bertz CT molecular complexity index is 528. The van der Waals surface area contributed by atoms with E-state index in [1.54, 1.807) is 12.1 Å². The second kappa shape index (κ2) is 6.02. The van der Waals surface area contributed by atoms with Crippen molar-refractivity contribution in [2.24, 2.45) is 0 Å². The van der Waals surface area contributed by atoms with E-state index in [4.69, 9.17) is 5.73 Å². The summed E-state index contributed by atoms with van der Waals surface area (Å²) in [6.45, 7) is 3.73. The van der Waals surface area contributed by atoms with Crippen LogP contribution in [-0.4, -0.2) is 47.9 Å². The van der Waals surface area contributed by atoms with Gasteiger partial charge in [-0.05, 0) is 50.9 Å². The zero-order chi connectivity index (χ0) is 14.8. The number of hydrogen-bond donors (Lipinski definition) is 1. The maximum Gasteiger partial charge on any atom is 0.256 e. The van der Waals surface area contributed by atoms with Crippen molar-refractivity contribution in [2.75, 3.05) is 31.9 Å². The first kappa shape index (κ1) is 14.3. The van der Waals surface area contributed by atoms with Gasteiger partial charge in [0.2, 0.25) is 0 Å². The van der Waals surface area contributed by atoms with E-state index in [1.807, 2.05) is 4.90 Å². The maximum atomic E-state index is 13.5. The highest BCUT2D eigenvalue weighted by Crippen LogP contribution is 2.24. The predicted molar refractivity (Wildman–Crippen MR) is 80.5 cm³/mol. The van der Waals surface area contributed by atoms with Crippen molar-refractivity contribution in [1.29, 1.82) is 0 Å². The molecule has 2 saturated heterocycles. The minimum Gasteiger partial charge on any atom is -0.396 e. The molecule has 0 saturated carbocycles. The minimum atomic E-state index is -0.519. The molecule has 2 aliphatic rings. The van der Waals surface area contributed by atoms with Crippen LogP contribution in [0.3, 0.4) is 0 Å². The predicted octanol–water partition coefficient (Wildman–Crippen LogP) is 2.11. The zero-order valence-electron chi connectivity index (χ0n) is 12.2. The topological polar surface area (TPSA) is 49.6 Å². The van der Waals surface area contributed by atoms with Crippen molar-refractivity contribution in [3.8, 4) is 0 Å². The minimum absolute atomic E-state index is 0.0363. The Kier molecular flexibility index (Phi) is 4.10. The van der Waals surface area contributed by atoms with Gasteiger partial charge >= 0.3 is 0 Å². The highest BCUT2D eigenvalue weighted by molar-refractivity contribution is 5.99. The van der Waals surface area contributed by atoms with Gasteiger partial charge in [-0.2, -0.15) is 0 Å². The molecule has 0 radical (unpaired) electrons. The van der Waals surface area contributed by atoms with Crippen molar-refractivity contribution in [1.82, 2.24) is 9.80 Å². The van der Waals surface area contributed by atoms with Crippen molar-refractivity contribution in [3.63, 3.8) is 0 Å². The number of amides is 1. The first-order valence-corrected chi connectivity index (χ1v) is 7.74. The lowest BCUT2D eigenvalue weighted by Crippen LogP contribution is -2.49. The number of para-hydroxylation sites is 1. The zero-order valence-corrected chi connectivity index (χ0v) is 12.2. The quantitative estimate of drug-likeness (QED) is 0.849. The molecule has 4 nitrogen and oxygen atoms in total. The van der Waals surface area contributed by atoms with Crippen LogP contribution < -0.4 is 5.73 Å². The molecule has 0 spiro atoms. The number of halogens is 1. The van der Waals surface area contributed by atoms with Crippen LogP contribution in [-0.2, 0) is 0 Å². The van der Waals surface area contributed by atoms with Gasteiger partial charge in [0.25, 0.3) is 5.91 Å². The van der Waals surface area contributed by atoms with Gasteiger partial charge in [-0.3, -0.25) is 9.69 Å². The third-order valence-corrected chi connectivity index (χ3v) is 4.62. The number of hydrogen-bond acceptors (Lipinski definition) is 3. The summed E-state index contributed by atoms with van der Waals surface area (Å²) in [6.07, 6.45) is 4.65. The van der Waals surface area contributed by atoms with Crippen LogP contribution in [0.1, 0.15) is 36.0 Å². The average molecular weight is 291 g/mol. The molecule has 1 amide bonds. The molecule has 5 heteroatoms. The molecule has 2 fully saturated rings. The Morgan fingerprint density at radius 3 is 2.71 bits per heavy atom. The summed E-state index contributed by atoms with van der Waals surface area (Å²) in [5, 5.41) is 0. The maximum absolute atomic E-state index is 13.5. The lowest BCUT2D eigenvalue weighted by Gasteiger charge is -2.37. The van der Waals surface area contributed by atoms with Crippen molar-refractivity contribution >= 4 is 11.6 Å². The molecular formula is C16H22FN3O. The summed E-state index contributed by atoms with van der Waals surface area (Å²) in [4.78, 5) is 16.9. The van der Waals surface area contributed by atoms with Gasteiger partial charge in [-0.25, -0.2) is 4.39 Å². The average Bonchev–Trinajstić information content (AvgIpc) is 3.04. The van der Waals surface area contributed by atoms with Gasteiger partial charge in [0.1, 0.15) is 5.82 Å². The summed E-state index contributed by atoms with van der Waals surface area (Å²) in [5.74, 6) is -0.662. The van der Waals surface area contributed by atoms with Crippen molar-refractivity contribution < 1.29 is 9.18 Å². The molecule has 3 rings (SSSR count). The van der Waals surface area contributed by atoms with E-state index in [1.165, 1.54) is 18.9 Å². The Balaban J connectivity index is 1.73. The Morgan fingerprint density at radius 2 is 1.95 bits per heavy atom. The van der Waals surface area contributed by atoms with E-state index < -0.39 is 5.82 Å². The number of carbonyl (C=O) groups excluding carboxylic acids is 1. The molecule has 1 aromatic carbocycles. The van der Waals surface area contributed by atoms with Gasteiger partial charge in [0, 0.05) is 19.1 Å². The molecule has 2 aliphatic heterocycles. The Hall–Kier alpha value is -1.62. The number of rotatable bonds is 2. The third kappa shape index (κ3) is 2.88. The van der Waals surface area contributed by atoms with E-state index >= 15 is 0 Å². The summed E-state index contributed by atoms with van der Waals surface area (Å²) in [7, 11) is 0. The number of benzene rings is 1. The molecule has 1 aromatic rings. The highest BCUT2D eigenvalue weighted by atomic mass is 19.1. The normalized spacial score (nSPS) is 23.5. The number of anilines is 1. The fraction of sp³-hybridized carbons (Fsp3) is 0.562. The number of nitrogen functional groups attached to an aromatic ring is 1. The van der Waals surface area contributed by atoms with Gasteiger partial charge in [-0.1, -0.05) is 6.07 Å². The van der Waals surface area contributed by atoms with Crippen molar-refractivity contribution in [2.45, 2.75) is 31.7 Å². The first-order chi connectivity index (χ1) is 10.2. The molecule has 1 unspecified atom stereocenters. The van der Waals surface area contributed by atoms with E-state index in [0.29, 0.717) is 6.04 Å². The Labute approximate surface area is 124 Å². The van der Waals surface area contributed by atoms with E-state index in [0.717, 1.165) is 39.0 Å². The molecule has 0 aromatic heterocycles. The second-order valence-electron chi connectivity index (χ2n) is 5.99. The van der Waals surface area contributed by atoms with Gasteiger partial charge in [-0.15, -0.1) is 0 Å². The molecule has 1 atom stereocenters. The highest BCUT2D eigenvalue weighted by Gasteiger charge is 2.30.